The van der Waals surface area contributed by atoms with E-state index in [0.29, 0.717) is 12.1 Å². The van der Waals surface area contributed by atoms with Crippen LogP contribution >= 0.6 is 22.6 Å². The topological polar surface area (TPSA) is 49.0 Å². The van der Waals surface area contributed by atoms with Crippen molar-refractivity contribution in [3.05, 3.63) is 51.5 Å². The van der Waals surface area contributed by atoms with E-state index in [9.17, 15) is 0 Å². The van der Waals surface area contributed by atoms with Gasteiger partial charge in [0.1, 0.15) is 5.76 Å². The summed E-state index contributed by atoms with van der Waals surface area (Å²) in [6.45, 7) is 0.648. The molecule has 0 aliphatic heterocycles. The van der Waals surface area contributed by atoms with Crippen LogP contribution < -0.4 is 5.32 Å². The quantitative estimate of drug-likeness (QED) is 0.881. The van der Waals surface area contributed by atoms with Crippen molar-refractivity contribution in [1.29, 1.82) is 5.26 Å². The van der Waals surface area contributed by atoms with E-state index in [1.165, 1.54) is 0 Å². The number of furan rings is 1. The summed E-state index contributed by atoms with van der Waals surface area (Å²) in [5.41, 5.74) is 1.64. The van der Waals surface area contributed by atoms with Crippen LogP contribution in [0.3, 0.4) is 0 Å². The Labute approximate surface area is 107 Å². The van der Waals surface area contributed by atoms with Gasteiger partial charge in [0.2, 0.25) is 0 Å². The van der Waals surface area contributed by atoms with Crippen molar-refractivity contribution in [1.82, 2.24) is 0 Å². The van der Waals surface area contributed by atoms with Crippen molar-refractivity contribution in [2.24, 2.45) is 0 Å². The molecule has 2 aromatic rings. The van der Waals surface area contributed by atoms with Gasteiger partial charge in [-0.25, -0.2) is 0 Å². The van der Waals surface area contributed by atoms with Crippen LogP contribution in [0.15, 0.2) is 40.8 Å². The molecule has 3 nitrogen and oxygen atoms in total. The predicted molar refractivity (Wildman–Crippen MR) is 69.9 cm³/mol. The largest absolute Gasteiger partial charge is 0.454 e. The fourth-order valence-corrected chi connectivity index (χ4v) is 1.76. The summed E-state index contributed by atoms with van der Waals surface area (Å²) >= 11 is 2.13. The molecule has 0 saturated carbocycles. The number of anilines is 1. The van der Waals surface area contributed by atoms with Crippen molar-refractivity contribution < 1.29 is 4.42 Å². The second kappa shape index (κ2) is 5.03. The highest BCUT2D eigenvalue weighted by Crippen LogP contribution is 2.13. The fourth-order valence-electron chi connectivity index (χ4n) is 1.30. The number of rotatable bonds is 3. The molecule has 0 spiro atoms. The van der Waals surface area contributed by atoms with Crippen LogP contribution in [0.2, 0.25) is 0 Å². The lowest BCUT2D eigenvalue weighted by atomic mass is 10.2. The second-order valence-corrected chi connectivity index (χ2v) is 4.31. The van der Waals surface area contributed by atoms with E-state index in [1.54, 1.807) is 12.1 Å². The van der Waals surface area contributed by atoms with Crippen LogP contribution in [0.4, 0.5) is 5.69 Å². The number of halogens is 1. The number of nitrogens with one attached hydrogen (secondary N) is 1. The average molecular weight is 324 g/mol. The van der Waals surface area contributed by atoms with Gasteiger partial charge < -0.3 is 9.73 Å². The van der Waals surface area contributed by atoms with Crippen LogP contribution in [-0.4, -0.2) is 0 Å². The molecule has 1 aromatic carbocycles. The van der Waals surface area contributed by atoms with Crippen LogP contribution in [0.25, 0.3) is 0 Å². The maximum absolute atomic E-state index is 8.65. The molecule has 0 atom stereocenters. The van der Waals surface area contributed by atoms with E-state index in [0.717, 1.165) is 15.2 Å². The van der Waals surface area contributed by atoms with Crippen LogP contribution in [0, 0.1) is 15.1 Å². The van der Waals surface area contributed by atoms with Gasteiger partial charge in [-0.15, -0.1) is 0 Å². The molecular formula is C12H9IN2O. The number of nitrogens with zero attached hydrogens (tertiary/aromatic N) is 1. The van der Waals surface area contributed by atoms with Gasteiger partial charge >= 0.3 is 0 Å². The number of hydrogen-bond donors (Lipinski definition) is 1. The number of hydrogen-bond acceptors (Lipinski definition) is 3. The van der Waals surface area contributed by atoms with E-state index in [1.807, 2.05) is 24.3 Å². The molecule has 0 aliphatic carbocycles. The third-order valence-electron chi connectivity index (χ3n) is 2.11. The lowest BCUT2D eigenvalue weighted by Crippen LogP contribution is -1.97. The molecular weight excluding hydrogens is 315 g/mol. The summed E-state index contributed by atoms with van der Waals surface area (Å²) in [6, 6.07) is 13.3. The molecule has 4 heteroatoms. The molecule has 0 saturated heterocycles. The highest BCUT2D eigenvalue weighted by atomic mass is 127. The Morgan fingerprint density at radius 3 is 2.50 bits per heavy atom. The molecule has 1 N–H and O–H groups in total. The van der Waals surface area contributed by atoms with Crippen molar-refractivity contribution in [3.63, 3.8) is 0 Å². The Morgan fingerprint density at radius 1 is 1.19 bits per heavy atom. The van der Waals surface area contributed by atoms with Gasteiger partial charge in [0.25, 0.3) is 0 Å². The van der Waals surface area contributed by atoms with E-state index < -0.39 is 0 Å². The lowest BCUT2D eigenvalue weighted by Gasteiger charge is -2.03. The average Bonchev–Trinajstić information content (AvgIpc) is 2.73. The molecule has 0 amide bonds. The SMILES string of the molecule is N#Cc1ccc(NCc2ccc(I)o2)cc1. The Kier molecular flexibility index (Phi) is 3.47. The molecule has 80 valence electrons. The highest BCUT2D eigenvalue weighted by molar-refractivity contribution is 14.1. The first-order valence-corrected chi connectivity index (χ1v) is 5.84. The van der Waals surface area contributed by atoms with Gasteiger partial charge in [0.05, 0.1) is 18.2 Å². The Balaban J connectivity index is 1.97. The zero-order valence-corrected chi connectivity index (χ0v) is 10.6. The van der Waals surface area contributed by atoms with Gasteiger partial charge in [-0.3, -0.25) is 0 Å². The highest BCUT2D eigenvalue weighted by Gasteiger charge is 1.99. The van der Waals surface area contributed by atoms with Crippen molar-refractivity contribution >= 4 is 28.3 Å². The minimum Gasteiger partial charge on any atom is -0.454 e. The monoisotopic (exact) mass is 324 g/mol. The van der Waals surface area contributed by atoms with Gasteiger partial charge in [-0.1, -0.05) is 0 Å². The fraction of sp³-hybridized carbons (Fsp3) is 0.0833. The minimum atomic E-state index is 0.648. The molecule has 0 bridgehead atoms. The normalized spacial score (nSPS) is 9.75. The Morgan fingerprint density at radius 2 is 1.94 bits per heavy atom. The van der Waals surface area contributed by atoms with Crippen molar-refractivity contribution in [2.45, 2.75) is 6.54 Å². The summed E-state index contributed by atoms with van der Waals surface area (Å²) in [5, 5.41) is 11.9. The number of nitriles is 1. The summed E-state index contributed by atoms with van der Waals surface area (Å²) in [4.78, 5) is 0. The molecule has 2 rings (SSSR count). The molecule has 0 unspecified atom stereocenters. The predicted octanol–water partition coefficient (Wildman–Crippen LogP) is 3.37. The first-order valence-electron chi connectivity index (χ1n) is 4.76. The van der Waals surface area contributed by atoms with Crippen molar-refractivity contribution in [2.75, 3.05) is 5.32 Å². The van der Waals surface area contributed by atoms with Gasteiger partial charge in [0.15, 0.2) is 3.77 Å². The summed E-state index contributed by atoms with van der Waals surface area (Å²) in [5.74, 6) is 0.897. The van der Waals surface area contributed by atoms with Crippen molar-refractivity contribution in [3.8, 4) is 6.07 Å². The third kappa shape index (κ3) is 2.76. The molecule has 1 heterocycles. The van der Waals surface area contributed by atoms with Gasteiger partial charge in [0, 0.05) is 5.69 Å². The Bertz CT molecular complexity index is 511. The minimum absolute atomic E-state index is 0.648. The van der Waals surface area contributed by atoms with Gasteiger partial charge in [-0.05, 0) is 59.0 Å². The molecule has 0 fully saturated rings. The molecule has 0 radical (unpaired) electrons. The van der Waals surface area contributed by atoms with E-state index >= 15 is 0 Å². The third-order valence-corrected chi connectivity index (χ3v) is 2.69. The standard InChI is InChI=1S/C12H9IN2O/c13-12-6-5-11(16-12)8-15-10-3-1-9(7-14)2-4-10/h1-6,15H,8H2. The smallest absolute Gasteiger partial charge is 0.164 e. The van der Waals surface area contributed by atoms with E-state index in [2.05, 4.69) is 34.0 Å². The summed E-state index contributed by atoms with van der Waals surface area (Å²) in [7, 11) is 0. The zero-order valence-electron chi connectivity index (χ0n) is 8.40. The maximum atomic E-state index is 8.65. The van der Waals surface area contributed by atoms with Gasteiger partial charge in [-0.2, -0.15) is 5.26 Å². The molecule has 16 heavy (non-hydrogen) atoms. The van der Waals surface area contributed by atoms with Crippen LogP contribution in [0.5, 0.6) is 0 Å². The Hall–Kier alpha value is -1.48. The zero-order chi connectivity index (χ0) is 11.4. The van der Waals surface area contributed by atoms with Crippen LogP contribution in [-0.2, 0) is 6.54 Å². The number of benzene rings is 1. The lowest BCUT2D eigenvalue weighted by molar-refractivity contribution is 0.493. The first kappa shape index (κ1) is 11.0. The molecule has 1 aromatic heterocycles. The first-order chi connectivity index (χ1) is 7.78. The molecule has 0 aliphatic rings. The van der Waals surface area contributed by atoms with E-state index in [4.69, 9.17) is 9.68 Å². The maximum Gasteiger partial charge on any atom is 0.164 e. The van der Waals surface area contributed by atoms with E-state index in [-0.39, 0.29) is 0 Å². The summed E-state index contributed by atoms with van der Waals surface area (Å²) < 4.78 is 6.31. The van der Waals surface area contributed by atoms with Crippen LogP contribution in [0.1, 0.15) is 11.3 Å². The second-order valence-electron chi connectivity index (χ2n) is 3.25. The summed E-state index contributed by atoms with van der Waals surface area (Å²) in [6.07, 6.45) is 0.